The maximum atomic E-state index is 12.3. The summed E-state index contributed by atoms with van der Waals surface area (Å²) in [5, 5.41) is 11.3. The molecule has 1 aromatic carbocycles. The number of nitrogens with one attached hydrogen (secondary N) is 1. The molecule has 1 aliphatic heterocycles. The van der Waals surface area contributed by atoms with Gasteiger partial charge in [0.1, 0.15) is 12.6 Å². The van der Waals surface area contributed by atoms with Crippen LogP contribution in [0, 0.1) is 0 Å². The van der Waals surface area contributed by atoms with E-state index >= 15 is 0 Å². The van der Waals surface area contributed by atoms with Crippen LogP contribution >= 0.6 is 0 Å². The number of rotatable bonds is 7. The van der Waals surface area contributed by atoms with E-state index in [1.54, 1.807) is 0 Å². The van der Waals surface area contributed by atoms with Gasteiger partial charge in [0, 0.05) is 19.5 Å². The molecule has 7 nitrogen and oxygen atoms in total. The van der Waals surface area contributed by atoms with E-state index in [1.807, 2.05) is 30.3 Å². The van der Waals surface area contributed by atoms with Crippen molar-refractivity contribution in [3.63, 3.8) is 0 Å². The molecular formula is C16H20N2O5. The standard InChI is InChI=1S/C16H20N2O5/c19-14-11-23-10-13(16(22)17-8-4-7-15(20)21)18(14)9-12-5-2-1-3-6-12/h1-3,5-6,13H,4,7-11H2,(H,17,22)(H,20,21)/t13-/m1/s1. The number of carboxylic acids is 1. The number of nitrogens with zero attached hydrogens (tertiary/aromatic N) is 1. The summed E-state index contributed by atoms with van der Waals surface area (Å²) in [6.45, 7) is 0.713. The number of aliphatic carboxylic acids is 1. The van der Waals surface area contributed by atoms with Crippen LogP contribution in [0.4, 0.5) is 0 Å². The molecule has 0 saturated carbocycles. The molecule has 124 valence electrons. The second-order valence-corrected chi connectivity index (χ2v) is 5.33. The first-order valence-corrected chi connectivity index (χ1v) is 7.48. The summed E-state index contributed by atoms with van der Waals surface area (Å²) in [5.41, 5.74) is 0.937. The van der Waals surface area contributed by atoms with Gasteiger partial charge in [-0.2, -0.15) is 0 Å². The topological polar surface area (TPSA) is 95.9 Å². The van der Waals surface area contributed by atoms with Gasteiger partial charge in [0.15, 0.2) is 0 Å². The smallest absolute Gasteiger partial charge is 0.303 e. The van der Waals surface area contributed by atoms with Gasteiger partial charge in [-0.15, -0.1) is 0 Å². The Balaban J connectivity index is 1.95. The Labute approximate surface area is 134 Å². The minimum atomic E-state index is -0.902. The molecule has 1 fully saturated rings. The van der Waals surface area contributed by atoms with E-state index in [-0.39, 0.29) is 38.0 Å². The van der Waals surface area contributed by atoms with Crippen LogP contribution in [0.25, 0.3) is 0 Å². The van der Waals surface area contributed by atoms with Gasteiger partial charge in [0.05, 0.1) is 6.61 Å². The fourth-order valence-electron chi connectivity index (χ4n) is 2.37. The Morgan fingerprint density at radius 2 is 2.04 bits per heavy atom. The molecule has 2 rings (SSSR count). The minimum Gasteiger partial charge on any atom is -0.481 e. The number of benzene rings is 1. The van der Waals surface area contributed by atoms with Crippen LogP contribution in [0.5, 0.6) is 0 Å². The highest BCUT2D eigenvalue weighted by atomic mass is 16.5. The molecule has 1 aromatic rings. The van der Waals surface area contributed by atoms with Crippen LogP contribution in [0.1, 0.15) is 18.4 Å². The Kier molecular flexibility index (Phi) is 6.10. The fraction of sp³-hybridized carbons (Fsp3) is 0.438. The Morgan fingerprint density at radius 1 is 1.30 bits per heavy atom. The van der Waals surface area contributed by atoms with Crippen molar-refractivity contribution in [2.45, 2.75) is 25.4 Å². The van der Waals surface area contributed by atoms with Gasteiger partial charge in [0.2, 0.25) is 11.8 Å². The molecule has 0 unspecified atom stereocenters. The van der Waals surface area contributed by atoms with Crippen molar-refractivity contribution < 1.29 is 24.2 Å². The average Bonchev–Trinajstić information content (AvgIpc) is 2.54. The number of hydrogen-bond donors (Lipinski definition) is 2. The van der Waals surface area contributed by atoms with Crippen LogP contribution in [0.3, 0.4) is 0 Å². The Morgan fingerprint density at radius 3 is 2.74 bits per heavy atom. The molecule has 0 aliphatic carbocycles. The SMILES string of the molecule is O=C(O)CCCNC(=O)[C@H]1COCC(=O)N1Cc1ccccc1. The van der Waals surface area contributed by atoms with E-state index in [2.05, 4.69) is 5.32 Å². The Hall–Kier alpha value is -2.41. The summed E-state index contributed by atoms with van der Waals surface area (Å²) >= 11 is 0. The third-order valence-corrected chi connectivity index (χ3v) is 3.56. The quantitative estimate of drug-likeness (QED) is 0.709. The van der Waals surface area contributed by atoms with Crippen molar-refractivity contribution in [1.82, 2.24) is 10.2 Å². The van der Waals surface area contributed by atoms with E-state index in [1.165, 1.54) is 4.90 Å². The number of amides is 2. The molecule has 1 atom stereocenters. The number of carbonyl (C=O) groups excluding carboxylic acids is 2. The van der Waals surface area contributed by atoms with Crippen LogP contribution in [-0.2, 0) is 25.7 Å². The molecule has 1 aliphatic rings. The van der Waals surface area contributed by atoms with E-state index in [4.69, 9.17) is 9.84 Å². The van der Waals surface area contributed by atoms with Crippen molar-refractivity contribution in [1.29, 1.82) is 0 Å². The van der Waals surface area contributed by atoms with Gasteiger partial charge in [-0.1, -0.05) is 30.3 Å². The molecule has 1 saturated heterocycles. The highest BCUT2D eigenvalue weighted by Crippen LogP contribution is 2.13. The summed E-state index contributed by atoms with van der Waals surface area (Å²) in [6, 6.07) is 8.73. The molecule has 2 amide bonds. The van der Waals surface area contributed by atoms with Crippen molar-refractivity contribution >= 4 is 17.8 Å². The maximum absolute atomic E-state index is 12.3. The third-order valence-electron chi connectivity index (χ3n) is 3.56. The highest BCUT2D eigenvalue weighted by molar-refractivity contribution is 5.89. The fourth-order valence-corrected chi connectivity index (χ4v) is 2.37. The molecule has 23 heavy (non-hydrogen) atoms. The first kappa shape index (κ1) is 17.0. The molecule has 2 N–H and O–H groups in total. The number of carboxylic acid groups (broad SMARTS) is 1. The van der Waals surface area contributed by atoms with Crippen LogP contribution in [0.15, 0.2) is 30.3 Å². The van der Waals surface area contributed by atoms with Crippen LogP contribution in [0.2, 0.25) is 0 Å². The predicted octanol–water partition coefficient (Wildman–Crippen LogP) is 0.395. The van der Waals surface area contributed by atoms with Crippen LogP contribution in [-0.4, -0.2) is 53.6 Å². The molecular weight excluding hydrogens is 300 g/mol. The lowest BCUT2D eigenvalue weighted by Crippen LogP contribution is -2.56. The first-order chi connectivity index (χ1) is 11.1. The second kappa shape index (κ2) is 8.28. The minimum absolute atomic E-state index is 0.00585. The zero-order chi connectivity index (χ0) is 16.7. The number of carbonyl (C=O) groups is 3. The largest absolute Gasteiger partial charge is 0.481 e. The van der Waals surface area contributed by atoms with Gasteiger partial charge >= 0.3 is 5.97 Å². The van der Waals surface area contributed by atoms with E-state index in [0.29, 0.717) is 13.0 Å². The lowest BCUT2D eigenvalue weighted by Gasteiger charge is -2.34. The summed E-state index contributed by atoms with van der Waals surface area (Å²) in [5.74, 6) is -1.45. The molecule has 1 heterocycles. The van der Waals surface area contributed by atoms with Gasteiger partial charge < -0.3 is 20.1 Å². The number of ether oxygens (including phenoxy) is 1. The number of hydrogen-bond acceptors (Lipinski definition) is 4. The molecule has 7 heteroatoms. The van der Waals surface area contributed by atoms with Gasteiger partial charge in [0.25, 0.3) is 0 Å². The van der Waals surface area contributed by atoms with Crippen LogP contribution < -0.4 is 5.32 Å². The molecule has 0 spiro atoms. The predicted molar refractivity (Wildman–Crippen MR) is 81.5 cm³/mol. The zero-order valence-electron chi connectivity index (χ0n) is 12.7. The van der Waals surface area contributed by atoms with Gasteiger partial charge in [-0.05, 0) is 12.0 Å². The lowest BCUT2D eigenvalue weighted by atomic mass is 10.1. The summed E-state index contributed by atoms with van der Waals surface area (Å²) in [7, 11) is 0. The van der Waals surface area contributed by atoms with Crippen molar-refractivity contribution in [3.8, 4) is 0 Å². The van der Waals surface area contributed by atoms with Crippen molar-refractivity contribution in [3.05, 3.63) is 35.9 Å². The summed E-state index contributed by atoms with van der Waals surface area (Å²) in [4.78, 5) is 36.3. The Bertz CT molecular complexity index is 561. The monoisotopic (exact) mass is 320 g/mol. The van der Waals surface area contributed by atoms with E-state index in [9.17, 15) is 14.4 Å². The van der Waals surface area contributed by atoms with Gasteiger partial charge in [-0.3, -0.25) is 14.4 Å². The third kappa shape index (κ3) is 5.07. The summed E-state index contributed by atoms with van der Waals surface area (Å²) in [6.07, 6.45) is 0.343. The normalized spacial score (nSPS) is 17.8. The lowest BCUT2D eigenvalue weighted by molar-refractivity contribution is -0.155. The molecule has 0 radical (unpaired) electrons. The van der Waals surface area contributed by atoms with E-state index < -0.39 is 12.0 Å². The molecule has 0 aromatic heterocycles. The molecule has 0 bridgehead atoms. The van der Waals surface area contributed by atoms with Crippen molar-refractivity contribution in [2.75, 3.05) is 19.8 Å². The second-order valence-electron chi connectivity index (χ2n) is 5.33. The first-order valence-electron chi connectivity index (χ1n) is 7.48. The van der Waals surface area contributed by atoms with Gasteiger partial charge in [-0.25, -0.2) is 0 Å². The van der Waals surface area contributed by atoms with Crippen molar-refractivity contribution in [2.24, 2.45) is 0 Å². The highest BCUT2D eigenvalue weighted by Gasteiger charge is 2.33. The number of morpholine rings is 1. The average molecular weight is 320 g/mol. The van der Waals surface area contributed by atoms with E-state index in [0.717, 1.165) is 5.56 Å². The summed E-state index contributed by atoms with van der Waals surface area (Å²) < 4.78 is 5.18. The zero-order valence-corrected chi connectivity index (χ0v) is 12.7. The maximum Gasteiger partial charge on any atom is 0.303 e.